The molecule has 0 fully saturated rings. The quantitative estimate of drug-likeness (QED) is 0.534. The lowest BCUT2D eigenvalue weighted by Gasteiger charge is -2.21. The molecule has 0 aliphatic carbocycles. The van der Waals surface area contributed by atoms with Crippen molar-refractivity contribution >= 4 is 17.7 Å². The highest BCUT2D eigenvalue weighted by molar-refractivity contribution is 5.98. The van der Waals surface area contributed by atoms with Crippen LogP contribution in [0.2, 0.25) is 0 Å². The smallest absolute Gasteiger partial charge is 0.330 e. The number of allylic oxidation sites excluding steroid dienone is 1. The van der Waals surface area contributed by atoms with Crippen LogP contribution in [-0.4, -0.2) is 29.9 Å². The fraction of sp³-hybridized carbons (Fsp3) is 0.450. The summed E-state index contributed by atoms with van der Waals surface area (Å²) in [4.78, 5) is 36.0. The van der Waals surface area contributed by atoms with Crippen molar-refractivity contribution in [1.82, 2.24) is 0 Å². The molecular weight excluding hydrogens is 320 g/mol. The second kappa shape index (κ2) is 9.77. The third kappa shape index (κ3) is 8.84. The summed E-state index contributed by atoms with van der Waals surface area (Å²) in [6.45, 7) is 7.26. The second-order valence-electron chi connectivity index (χ2n) is 6.66. The number of hydrogen-bond donors (Lipinski definition) is 0. The zero-order valence-electron chi connectivity index (χ0n) is 15.3. The number of benzene rings is 1. The van der Waals surface area contributed by atoms with Crippen LogP contribution in [0.25, 0.3) is 0 Å². The molecule has 5 nitrogen and oxygen atoms in total. The van der Waals surface area contributed by atoms with Gasteiger partial charge in [0, 0.05) is 12.0 Å². The molecule has 0 bridgehead atoms. The van der Waals surface area contributed by atoms with Gasteiger partial charge in [-0.3, -0.25) is 9.59 Å². The van der Waals surface area contributed by atoms with Crippen molar-refractivity contribution in [2.24, 2.45) is 5.92 Å². The largest absolute Gasteiger partial charge is 0.463 e. The van der Waals surface area contributed by atoms with Gasteiger partial charge in [0.2, 0.25) is 0 Å². The van der Waals surface area contributed by atoms with Gasteiger partial charge in [0.25, 0.3) is 0 Å². The van der Waals surface area contributed by atoms with Crippen LogP contribution in [-0.2, 0) is 30.3 Å². The van der Waals surface area contributed by atoms with Crippen LogP contribution in [0, 0.1) is 5.92 Å². The van der Waals surface area contributed by atoms with E-state index in [-0.39, 0.29) is 18.8 Å². The van der Waals surface area contributed by atoms with Crippen LogP contribution in [0.3, 0.4) is 0 Å². The van der Waals surface area contributed by atoms with Gasteiger partial charge < -0.3 is 9.47 Å². The van der Waals surface area contributed by atoms with Crippen molar-refractivity contribution in [3.63, 3.8) is 0 Å². The van der Waals surface area contributed by atoms with Crippen LogP contribution >= 0.6 is 0 Å². The van der Waals surface area contributed by atoms with Crippen LogP contribution in [0.5, 0.6) is 0 Å². The van der Waals surface area contributed by atoms with E-state index in [1.165, 1.54) is 6.08 Å². The van der Waals surface area contributed by atoms with E-state index in [2.05, 4.69) is 0 Å². The van der Waals surface area contributed by atoms with Crippen molar-refractivity contribution in [3.05, 3.63) is 48.0 Å². The topological polar surface area (TPSA) is 69.7 Å². The highest BCUT2D eigenvalue weighted by Crippen LogP contribution is 2.18. The molecule has 0 spiro atoms. The Labute approximate surface area is 149 Å². The first kappa shape index (κ1) is 20.6. The number of ketones is 1. The molecule has 0 saturated carbocycles. The number of carbonyl (C=O) groups is 3. The van der Waals surface area contributed by atoms with Crippen LogP contribution in [0.15, 0.2) is 42.5 Å². The molecule has 0 aliphatic heterocycles. The van der Waals surface area contributed by atoms with Gasteiger partial charge in [0.05, 0.1) is 13.0 Å². The summed E-state index contributed by atoms with van der Waals surface area (Å²) in [5, 5.41) is 0. The Kier molecular flexibility index (Phi) is 8.05. The average molecular weight is 346 g/mol. The fourth-order valence-electron chi connectivity index (χ4n) is 2.23. The summed E-state index contributed by atoms with van der Waals surface area (Å²) in [5.74, 6) is -1.91. The van der Waals surface area contributed by atoms with Gasteiger partial charge in [-0.1, -0.05) is 30.3 Å². The molecule has 25 heavy (non-hydrogen) atoms. The van der Waals surface area contributed by atoms with Crippen molar-refractivity contribution in [3.8, 4) is 0 Å². The first-order valence-electron chi connectivity index (χ1n) is 8.35. The molecule has 136 valence electrons. The minimum Gasteiger partial charge on any atom is -0.463 e. The third-order valence-corrected chi connectivity index (χ3v) is 3.23. The van der Waals surface area contributed by atoms with Gasteiger partial charge in [-0.2, -0.15) is 0 Å². The zero-order chi connectivity index (χ0) is 18.9. The predicted octanol–water partition coefficient (Wildman–Crippen LogP) is 3.27. The Morgan fingerprint density at radius 3 is 2.28 bits per heavy atom. The molecule has 0 aromatic heterocycles. The molecule has 1 aromatic carbocycles. The molecule has 5 heteroatoms. The second-order valence-corrected chi connectivity index (χ2v) is 6.66. The fourth-order valence-corrected chi connectivity index (χ4v) is 2.23. The van der Waals surface area contributed by atoms with Crippen LogP contribution in [0.1, 0.15) is 39.7 Å². The summed E-state index contributed by atoms with van der Waals surface area (Å²) < 4.78 is 10.1. The summed E-state index contributed by atoms with van der Waals surface area (Å²) in [7, 11) is 0. The maximum absolute atomic E-state index is 12.5. The summed E-state index contributed by atoms with van der Waals surface area (Å²) in [6, 6.07) is 9.42. The molecule has 1 atom stereocenters. The Bertz CT molecular complexity index is 611. The summed E-state index contributed by atoms with van der Waals surface area (Å²) in [5.41, 5.74) is 0.326. The number of hydrogen-bond acceptors (Lipinski definition) is 5. The minimum absolute atomic E-state index is 0.0435. The van der Waals surface area contributed by atoms with Gasteiger partial charge >= 0.3 is 11.9 Å². The molecule has 1 aromatic rings. The Hall–Kier alpha value is -2.43. The third-order valence-electron chi connectivity index (χ3n) is 3.23. The van der Waals surface area contributed by atoms with Gasteiger partial charge in [-0.25, -0.2) is 4.79 Å². The molecular formula is C20H26O5. The summed E-state index contributed by atoms with van der Waals surface area (Å²) >= 11 is 0. The van der Waals surface area contributed by atoms with Gasteiger partial charge in [0.1, 0.15) is 5.60 Å². The monoisotopic (exact) mass is 346 g/mol. The number of esters is 2. The maximum Gasteiger partial charge on any atom is 0.330 e. The van der Waals surface area contributed by atoms with E-state index < -0.39 is 23.5 Å². The van der Waals surface area contributed by atoms with Crippen LogP contribution < -0.4 is 0 Å². The van der Waals surface area contributed by atoms with E-state index >= 15 is 0 Å². The summed E-state index contributed by atoms with van der Waals surface area (Å²) in [6.07, 6.45) is 2.62. The van der Waals surface area contributed by atoms with Crippen molar-refractivity contribution in [1.29, 1.82) is 0 Å². The normalized spacial score (nSPS) is 12.6. The predicted molar refractivity (Wildman–Crippen MR) is 94.9 cm³/mol. The lowest BCUT2D eigenvalue weighted by atomic mass is 9.92. The van der Waals surface area contributed by atoms with Crippen LogP contribution in [0.4, 0.5) is 0 Å². The van der Waals surface area contributed by atoms with Crippen molar-refractivity contribution in [2.45, 2.75) is 46.1 Å². The molecule has 0 N–H and O–H groups in total. The van der Waals surface area contributed by atoms with Crippen molar-refractivity contribution < 1.29 is 23.9 Å². The lowest BCUT2D eigenvalue weighted by molar-refractivity contribution is -0.156. The Morgan fingerprint density at radius 1 is 1.08 bits per heavy atom. The first-order chi connectivity index (χ1) is 11.7. The highest BCUT2D eigenvalue weighted by atomic mass is 16.6. The van der Waals surface area contributed by atoms with Crippen molar-refractivity contribution in [2.75, 3.05) is 6.61 Å². The van der Waals surface area contributed by atoms with E-state index in [1.807, 2.05) is 30.3 Å². The minimum atomic E-state index is -0.613. The number of carbonyl (C=O) groups excluding carboxylic acids is 3. The number of ether oxygens (including phenoxy) is 2. The highest BCUT2D eigenvalue weighted by Gasteiger charge is 2.24. The lowest BCUT2D eigenvalue weighted by Crippen LogP contribution is -2.27. The van der Waals surface area contributed by atoms with E-state index in [4.69, 9.17) is 9.47 Å². The molecule has 0 saturated heterocycles. The van der Waals surface area contributed by atoms with E-state index in [9.17, 15) is 14.4 Å². The standard InChI is InChI=1S/C20H26O5/c1-5-24-18(22)12-11-17(21)16(13-15-9-7-6-8-10-15)14-19(23)25-20(2,3)4/h6-12,16H,5,13-14H2,1-4H3/b12-11+/t16-/m1/s1. The molecule has 0 amide bonds. The van der Waals surface area contributed by atoms with Gasteiger partial charge in [-0.15, -0.1) is 0 Å². The Balaban J connectivity index is 2.84. The van der Waals surface area contributed by atoms with E-state index in [0.29, 0.717) is 6.42 Å². The molecule has 0 radical (unpaired) electrons. The molecule has 0 heterocycles. The zero-order valence-corrected chi connectivity index (χ0v) is 15.3. The van der Waals surface area contributed by atoms with E-state index in [0.717, 1.165) is 11.6 Å². The average Bonchev–Trinajstić information content (AvgIpc) is 2.51. The first-order valence-corrected chi connectivity index (χ1v) is 8.35. The van der Waals surface area contributed by atoms with E-state index in [1.54, 1.807) is 27.7 Å². The SMILES string of the molecule is CCOC(=O)/C=C/C(=O)[C@@H](CC(=O)OC(C)(C)C)Cc1ccccc1. The molecule has 0 aliphatic rings. The van der Waals surface area contributed by atoms with Gasteiger partial charge in [-0.05, 0) is 45.8 Å². The Morgan fingerprint density at radius 2 is 1.72 bits per heavy atom. The maximum atomic E-state index is 12.5. The molecule has 0 unspecified atom stereocenters. The molecule has 1 rings (SSSR count). The van der Waals surface area contributed by atoms with Gasteiger partial charge in [0.15, 0.2) is 5.78 Å². The number of rotatable bonds is 8.